The number of aliphatic carboxylic acids is 1. The van der Waals surface area contributed by atoms with Crippen LogP contribution < -0.4 is 0 Å². The highest BCUT2D eigenvalue weighted by molar-refractivity contribution is 5.67. The van der Waals surface area contributed by atoms with E-state index in [0.29, 0.717) is 18.5 Å². The summed E-state index contributed by atoms with van der Waals surface area (Å²) in [6.07, 6.45) is -4.40. The predicted molar refractivity (Wildman–Crippen MR) is 127 cm³/mol. The molecule has 3 rings (SSSR count). The summed E-state index contributed by atoms with van der Waals surface area (Å²) < 4.78 is 60.3. The number of carboxylic acid groups (broad SMARTS) is 1. The molecule has 2 aromatic rings. The van der Waals surface area contributed by atoms with Gasteiger partial charge in [-0.05, 0) is 80.5 Å². The van der Waals surface area contributed by atoms with Crippen molar-refractivity contribution in [1.29, 1.82) is 0 Å². The van der Waals surface area contributed by atoms with E-state index in [9.17, 15) is 27.5 Å². The molecule has 5 nitrogen and oxygen atoms in total. The summed E-state index contributed by atoms with van der Waals surface area (Å²) in [4.78, 5) is 13.1. The van der Waals surface area contributed by atoms with Crippen molar-refractivity contribution in [3.63, 3.8) is 0 Å². The van der Waals surface area contributed by atoms with Gasteiger partial charge in [-0.2, -0.15) is 13.2 Å². The summed E-state index contributed by atoms with van der Waals surface area (Å²) in [5, 5.41) is 19.6. The molecule has 2 N–H and O–H groups in total. The minimum atomic E-state index is -4.62. The lowest BCUT2D eigenvalue weighted by atomic mass is 9.93. The van der Waals surface area contributed by atoms with Crippen LogP contribution >= 0.6 is 0 Å². The number of aliphatic hydroxyl groups excluding tert-OH is 1. The third kappa shape index (κ3) is 7.51. The summed E-state index contributed by atoms with van der Waals surface area (Å²) in [5.41, 5.74) is 0.783. The van der Waals surface area contributed by atoms with E-state index in [0.717, 1.165) is 31.0 Å². The van der Waals surface area contributed by atoms with Crippen LogP contribution in [0.5, 0.6) is 0 Å². The van der Waals surface area contributed by atoms with Crippen LogP contribution in [-0.2, 0) is 28.5 Å². The fourth-order valence-corrected chi connectivity index (χ4v) is 4.83. The fraction of sp³-hybridized carbons (Fsp3) is 0.519. The molecule has 0 radical (unpaired) electrons. The van der Waals surface area contributed by atoms with Gasteiger partial charge in [0.15, 0.2) is 0 Å². The minimum Gasteiger partial charge on any atom is -0.481 e. The Hall–Kier alpha value is -2.49. The SMILES string of the molecule is Cc1ccc(C[C@@H]2CCCN2C[C@H](O)CO[C@H](C)c2cccc(C(F)(F)F)c2CCC(=O)O)cc1F. The minimum absolute atomic E-state index is 0.0852. The van der Waals surface area contributed by atoms with Crippen LogP contribution in [0.2, 0.25) is 0 Å². The number of hydrogen-bond acceptors (Lipinski definition) is 4. The summed E-state index contributed by atoms with van der Waals surface area (Å²) in [6.45, 7) is 4.35. The Morgan fingerprint density at radius 2 is 2.00 bits per heavy atom. The van der Waals surface area contributed by atoms with Gasteiger partial charge in [0.05, 0.1) is 24.4 Å². The topological polar surface area (TPSA) is 70.0 Å². The highest BCUT2D eigenvalue weighted by Gasteiger charge is 2.35. The van der Waals surface area contributed by atoms with Gasteiger partial charge in [-0.15, -0.1) is 0 Å². The van der Waals surface area contributed by atoms with Crippen molar-refractivity contribution >= 4 is 5.97 Å². The molecule has 1 aliphatic heterocycles. The van der Waals surface area contributed by atoms with Gasteiger partial charge in [0, 0.05) is 19.0 Å². The van der Waals surface area contributed by atoms with Crippen LogP contribution in [-0.4, -0.2) is 52.9 Å². The molecule has 0 aliphatic carbocycles. The maximum atomic E-state index is 13.9. The number of rotatable bonds is 11. The van der Waals surface area contributed by atoms with E-state index in [1.807, 2.05) is 6.07 Å². The highest BCUT2D eigenvalue weighted by Crippen LogP contribution is 2.36. The van der Waals surface area contributed by atoms with Crippen LogP contribution in [0, 0.1) is 12.7 Å². The number of benzene rings is 2. The van der Waals surface area contributed by atoms with Crippen LogP contribution in [0.3, 0.4) is 0 Å². The Morgan fingerprint density at radius 1 is 1.25 bits per heavy atom. The molecular weight excluding hydrogens is 478 g/mol. The van der Waals surface area contributed by atoms with E-state index in [-0.39, 0.29) is 36.0 Å². The molecule has 3 atom stereocenters. The number of aryl methyl sites for hydroxylation is 1. The molecule has 1 heterocycles. The third-order valence-electron chi connectivity index (χ3n) is 6.74. The molecule has 0 spiro atoms. The average molecular weight is 512 g/mol. The summed E-state index contributed by atoms with van der Waals surface area (Å²) >= 11 is 0. The van der Waals surface area contributed by atoms with Gasteiger partial charge in [0.25, 0.3) is 0 Å². The van der Waals surface area contributed by atoms with Crippen LogP contribution in [0.1, 0.15) is 60.1 Å². The third-order valence-corrected chi connectivity index (χ3v) is 6.74. The molecule has 36 heavy (non-hydrogen) atoms. The van der Waals surface area contributed by atoms with E-state index in [2.05, 4.69) is 4.90 Å². The molecule has 1 saturated heterocycles. The number of β-amino-alcohol motifs (C(OH)–C–C–N with tert-alkyl or cyclic N) is 1. The molecule has 0 unspecified atom stereocenters. The molecule has 9 heteroatoms. The van der Waals surface area contributed by atoms with Crippen molar-refractivity contribution in [3.8, 4) is 0 Å². The molecule has 0 saturated carbocycles. The maximum Gasteiger partial charge on any atom is 0.416 e. The fourth-order valence-electron chi connectivity index (χ4n) is 4.83. The Morgan fingerprint density at radius 3 is 2.67 bits per heavy atom. The molecule has 0 aromatic heterocycles. The average Bonchev–Trinajstić information content (AvgIpc) is 3.23. The van der Waals surface area contributed by atoms with Gasteiger partial charge in [-0.25, -0.2) is 4.39 Å². The van der Waals surface area contributed by atoms with Crippen molar-refractivity contribution in [1.82, 2.24) is 4.90 Å². The summed E-state index contributed by atoms with van der Waals surface area (Å²) in [6, 6.07) is 9.09. The van der Waals surface area contributed by atoms with Gasteiger partial charge in [0.1, 0.15) is 5.82 Å². The molecule has 0 bridgehead atoms. The number of nitrogens with zero attached hydrogens (tertiary/aromatic N) is 1. The number of alkyl halides is 3. The van der Waals surface area contributed by atoms with E-state index >= 15 is 0 Å². The lowest BCUT2D eigenvalue weighted by Gasteiger charge is -2.28. The van der Waals surface area contributed by atoms with E-state index in [1.165, 1.54) is 12.1 Å². The van der Waals surface area contributed by atoms with Crippen LogP contribution in [0.25, 0.3) is 0 Å². The largest absolute Gasteiger partial charge is 0.481 e. The number of halogens is 4. The van der Waals surface area contributed by atoms with Gasteiger partial charge < -0.3 is 14.9 Å². The Bertz CT molecular complexity index is 1040. The highest BCUT2D eigenvalue weighted by atomic mass is 19.4. The standard InChI is InChI=1S/C27H33F4NO4/c1-17-8-9-19(14-25(17)28)13-20-5-4-12-32(20)15-21(33)16-36-18(2)22-6-3-7-24(27(29,30)31)23(22)10-11-26(34)35/h3,6-9,14,18,20-21,33H,4-5,10-13,15-16H2,1-2H3,(H,34,35)/t18-,20+,21+/m1/s1. The Labute approximate surface area is 208 Å². The molecule has 1 fully saturated rings. The second kappa shape index (κ2) is 12.2. The monoisotopic (exact) mass is 511 g/mol. The van der Waals surface area contributed by atoms with Gasteiger partial charge >= 0.3 is 12.1 Å². The zero-order chi connectivity index (χ0) is 26.5. The number of hydrogen-bond donors (Lipinski definition) is 2. The van der Waals surface area contributed by atoms with Crippen LogP contribution in [0.15, 0.2) is 36.4 Å². The number of aliphatic hydroxyl groups is 1. The second-order valence-corrected chi connectivity index (χ2v) is 9.47. The van der Waals surface area contributed by atoms with Crippen molar-refractivity contribution in [2.24, 2.45) is 0 Å². The maximum absolute atomic E-state index is 13.9. The number of carboxylic acids is 1. The molecule has 1 aliphatic rings. The normalized spacial score (nSPS) is 18.4. The first-order valence-corrected chi connectivity index (χ1v) is 12.1. The zero-order valence-corrected chi connectivity index (χ0v) is 20.5. The summed E-state index contributed by atoms with van der Waals surface area (Å²) in [7, 11) is 0. The molecule has 2 aromatic carbocycles. The predicted octanol–water partition coefficient (Wildman–Crippen LogP) is 5.32. The second-order valence-electron chi connectivity index (χ2n) is 9.47. The van der Waals surface area contributed by atoms with Gasteiger partial charge in [-0.3, -0.25) is 9.69 Å². The van der Waals surface area contributed by atoms with Crippen molar-refractivity contribution in [2.45, 2.75) is 70.4 Å². The van der Waals surface area contributed by atoms with E-state index < -0.39 is 36.3 Å². The lowest BCUT2D eigenvalue weighted by molar-refractivity contribution is -0.140. The van der Waals surface area contributed by atoms with Crippen molar-refractivity contribution < 1.29 is 37.3 Å². The van der Waals surface area contributed by atoms with Crippen molar-refractivity contribution in [3.05, 3.63) is 70.0 Å². The van der Waals surface area contributed by atoms with Gasteiger partial charge in [-0.1, -0.05) is 24.3 Å². The summed E-state index contributed by atoms with van der Waals surface area (Å²) in [5.74, 6) is -1.42. The van der Waals surface area contributed by atoms with E-state index in [1.54, 1.807) is 26.0 Å². The molecule has 0 amide bonds. The molecule has 198 valence electrons. The smallest absolute Gasteiger partial charge is 0.416 e. The Balaban J connectivity index is 1.61. The quantitative estimate of drug-likeness (QED) is 0.400. The zero-order valence-electron chi connectivity index (χ0n) is 20.5. The first kappa shape index (κ1) is 28.1. The van der Waals surface area contributed by atoms with E-state index in [4.69, 9.17) is 9.84 Å². The first-order valence-electron chi connectivity index (χ1n) is 12.1. The number of ether oxygens (including phenoxy) is 1. The number of carbonyl (C=O) groups is 1. The lowest BCUT2D eigenvalue weighted by Crippen LogP contribution is -2.39. The van der Waals surface area contributed by atoms with Gasteiger partial charge in [0.2, 0.25) is 0 Å². The Kier molecular flexibility index (Phi) is 9.49. The van der Waals surface area contributed by atoms with Crippen molar-refractivity contribution in [2.75, 3.05) is 19.7 Å². The first-order chi connectivity index (χ1) is 17.0. The number of likely N-dealkylation sites (tertiary alicyclic amines) is 1. The van der Waals surface area contributed by atoms with Crippen LogP contribution in [0.4, 0.5) is 17.6 Å². The molecular formula is C27H33F4NO4.